The Bertz CT molecular complexity index is 337. The van der Waals surface area contributed by atoms with Crippen molar-refractivity contribution in [3.63, 3.8) is 0 Å². The first-order valence-corrected chi connectivity index (χ1v) is 5.83. The molecule has 1 rings (SSSR count). The number of amides is 2. The molecule has 0 aromatic carbocycles. The third kappa shape index (κ3) is 4.33. The van der Waals surface area contributed by atoms with Gasteiger partial charge in [-0.1, -0.05) is 0 Å². The van der Waals surface area contributed by atoms with Crippen molar-refractivity contribution in [3.05, 3.63) is 0 Å². The maximum Gasteiger partial charge on any atom is 0.317 e. The molecule has 0 bridgehead atoms. The van der Waals surface area contributed by atoms with Crippen LogP contribution in [-0.2, 0) is 14.4 Å². The second-order valence-electron chi connectivity index (χ2n) is 4.43. The third-order valence-electron chi connectivity index (χ3n) is 2.99. The van der Waals surface area contributed by atoms with Crippen LogP contribution in [0.15, 0.2) is 0 Å². The van der Waals surface area contributed by atoms with Crippen molar-refractivity contribution < 1.29 is 19.5 Å². The molecule has 1 aliphatic rings. The number of piperazine rings is 1. The highest BCUT2D eigenvalue weighted by atomic mass is 16.4. The summed E-state index contributed by atoms with van der Waals surface area (Å²) >= 11 is 0. The quantitative estimate of drug-likeness (QED) is 0.676. The first kappa shape index (κ1) is 14.4. The van der Waals surface area contributed by atoms with Crippen molar-refractivity contribution in [2.45, 2.75) is 6.92 Å². The van der Waals surface area contributed by atoms with Gasteiger partial charge in [0.15, 0.2) is 0 Å². The Kier molecular flexibility index (Phi) is 5.08. The van der Waals surface area contributed by atoms with E-state index < -0.39 is 5.97 Å². The number of carbonyl (C=O) groups is 3. The number of likely N-dealkylation sites (N-methyl/N-ethyl adjacent to an activating group) is 1. The molecule has 0 spiro atoms. The zero-order valence-electron chi connectivity index (χ0n) is 10.8. The number of carboxylic acids is 1. The summed E-state index contributed by atoms with van der Waals surface area (Å²) in [7, 11) is 1.58. The van der Waals surface area contributed by atoms with E-state index in [0.29, 0.717) is 26.2 Å². The molecule has 0 radical (unpaired) electrons. The minimum absolute atomic E-state index is 0.00930. The Balaban J connectivity index is 2.36. The lowest BCUT2D eigenvalue weighted by Crippen LogP contribution is -2.52. The van der Waals surface area contributed by atoms with Gasteiger partial charge in [0.1, 0.15) is 0 Å². The zero-order valence-corrected chi connectivity index (χ0v) is 10.8. The Morgan fingerprint density at radius 3 is 2.17 bits per heavy atom. The molecule has 0 atom stereocenters. The van der Waals surface area contributed by atoms with Gasteiger partial charge in [0.05, 0.1) is 13.1 Å². The first-order chi connectivity index (χ1) is 8.40. The molecule has 0 aromatic heterocycles. The van der Waals surface area contributed by atoms with Gasteiger partial charge in [-0.05, 0) is 0 Å². The number of hydrogen-bond donors (Lipinski definition) is 1. The summed E-state index contributed by atoms with van der Waals surface area (Å²) in [4.78, 5) is 38.2. The van der Waals surface area contributed by atoms with Crippen molar-refractivity contribution in [3.8, 4) is 0 Å². The van der Waals surface area contributed by atoms with Crippen LogP contribution in [0.3, 0.4) is 0 Å². The summed E-state index contributed by atoms with van der Waals surface area (Å²) in [6.45, 7) is 3.64. The van der Waals surface area contributed by atoms with Gasteiger partial charge in [0.25, 0.3) is 0 Å². The van der Waals surface area contributed by atoms with Gasteiger partial charge in [-0.25, -0.2) is 0 Å². The van der Waals surface area contributed by atoms with Crippen LogP contribution in [0.5, 0.6) is 0 Å². The standard InChI is InChI=1S/C11H19N3O4/c1-9(15)12(2)7-10(16)14-5-3-13(4-6-14)8-11(17)18/h3-8H2,1-2H3,(H,17,18). The third-order valence-corrected chi connectivity index (χ3v) is 2.99. The fourth-order valence-electron chi connectivity index (χ4n) is 1.76. The lowest BCUT2D eigenvalue weighted by Gasteiger charge is -2.34. The highest BCUT2D eigenvalue weighted by Gasteiger charge is 2.23. The van der Waals surface area contributed by atoms with Crippen LogP contribution in [0.1, 0.15) is 6.92 Å². The van der Waals surface area contributed by atoms with Gasteiger partial charge in [0, 0.05) is 40.2 Å². The highest BCUT2D eigenvalue weighted by Crippen LogP contribution is 2.02. The Labute approximate surface area is 106 Å². The fraction of sp³-hybridized carbons (Fsp3) is 0.727. The average molecular weight is 257 g/mol. The average Bonchev–Trinajstić information content (AvgIpc) is 2.28. The Morgan fingerprint density at radius 2 is 1.72 bits per heavy atom. The van der Waals surface area contributed by atoms with Crippen molar-refractivity contribution in [2.75, 3.05) is 46.3 Å². The molecule has 1 fully saturated rings. The van der Waals surface area contributed by atoms with E-state index in [0.717, 1.165) is 0 Å². The van der Waals surface area contributed by atoms with Crippen LogP contribution in [-0.4, -0.2) is 83.9 Å². The van der Waals surface area contributed by atoms with Crippen LogP contribution in [0.4, 0.5) is 0 Å². The lowest BCUT2D eigenvalue weighted by molar-refractivity contribution is -0.141. The molecule has 0 aromatic rings. The summed E-state index contributed by atoms with van der Waals surface area (Å²) < 4.78 is 0. The van der Waals surface area contributed by atoms with E-state index in [-0.39, 0.29) is 24.9 Å². The molecule has 2 amide bonds. The number of hydrogen-bond acceptors (Lipinski definition) is 4. The lowest BCUT2D eigenvalue weighted by atomic mass is 10.3. The smallest absolute Gasteiger partial charge is 0.317 e. The maximum absolute atomic E-state index is 11.8. The van der Waals surface area contributed by atoms with E-state index in [1.54, 1.807) is 16.8 Å². The summed E-state index contributed by atoms with van der Waals surface area (Å²) in [5.74, 6) is -1.10. The van der Waals surface area contributed by atoms with Crippen LogP contribution in [0.25, 0.3) is 0 Å². The van der Waals surface area contributed by atoms with Crippen LogP contribution in [0, 0.1) is 0 Å². The van der Waals surface area contributed by atoms with Crippen LogP contribution in [0.2, 0.25) is 0 Å². The van der Waals surface area contributed by atoms with Crippen molar-refractivity contribution in [1.29, 1.82) is 0 Å². The summed E-state index contributed by atoms with van der Waals surface area (Å²) in [6.07, 6.45) is 0. The van der Waals surface area contributed by atoms with Gasteiger partial charge in [0.2, 0.25) is 11.8 Å². The number of carbonyl (C=O) groups excluding carboxylic acids is 2. The minimum Gasteiger partial charge on any atom is -0.480 e. The van der Waals surface area contributed by atoms with E-state index >= 15 is 0 Å². The summed E-state index contributed by atoms with van der Waals surface area (Å²) in [6, 6.07) is 0. The topological polar surface area (TPSA) is 81.2 Å². The molecule has 1 aliphatic heterocycles. The van der Waals surface area contributed by atoms with E-state index in [4.69, 9.17) is 5.11 Å². The van der Waals surface area contributed by atoms with Gasteiger partial charge >= 0.3 is 5.97 Å². The van der Waals surface area contributed by atoms with E-state index in [9.17, 15) is 14.4 Å². The van der Waals surface area contributed by atoms with Crippen LogP contribution < -0.4 is 0 Å². The summed E-state index contributed by atoms with van der Waals surface area (Å²) in [5, 5.41) is 8.65. The van der Waals surface area contributed by atoms with Crippen molar-refractivity contribution in [1.82, 2.24) is 14.7 Å². The van der Waals surface area contributed by atoms with E-state index in [1.165, 1.54) is 11.8 Å². The minimum atomic E-state index is -0.855. The number of nitrogens with zero attached hydrogens (tertiary/aromatic N) is 3. The van der Waals surface area contributed by atoms with Crippen molar-refractivity contribution >= 4 is 17.8 Å². The van der Waals surface area contributed by atoms with Gasteiger partial charge in [-0.3, -0.25) is 19.3 Å². The van der Waals surface area contributed by atoms with E-state index in [1.807, 2.05) is 0 Å². The van der Waals surface area contributed by atoms with Crippen LogP contribution >= 0.6 is 0 Å². The molecule has 7 heteroatoms. The number of rotatable bonds is 4. The molecule has 1 saturated heterocycles. The molecule has 102 valence electrons. The predicted molar refractivity (Wildman–Crippen MR) is 64.0 cm³/mol. The predicted octanol–water partition coefficient (Wildman–Crippen LogP) is -1.31. The monoisotopic (exact) mass is 257 g/mol. The van der Waals surface area contributed by atoms with Gasteiger partial charge < -0.3 is 14.9 Å². The molecular formula is C11H19N3O4. The Morgan fingerprint density at radius 1 is 1.17 bits per heavy atom. The SMILES string of the molecule is CC(=O)N(C)CC(=O)N1CCN(CC(=O)O)CC1. The molecule has 1 heterocycles. The fourth-order valence-corrected chi connectivity index (χ4v) is 1.76. The second kappa shape index (κ2) is 6.34. The molecule has 0 saturated carbocycles. The van der Waals surface area contributed by atoms with Gasteiger partial charge in [-0.2, -0.15) is 0 Å². The summed E-state index contributed by atoms with van der Waals surface area (Å²) in [5.41, 5.74) is 0. The van der Waals surface area contributed by atoms with Crippen molar-refractivity contribution in [2.24, 2.45) is 0 Å². The van der Waals surface area contributed by atoms with E-state index in [2.05, 4.69) is 0 Å². The normalized spacial score (nSPS) is 16.4. The number of aliphatic carboxylic acids is 1. The largest absolute Gasteiger partial charge is 0.480 e. The van der Waals surface area contributed by atoms with Gasteiger partial charge in [-0.15, -0.1) is 0 Å². The number of carboxylic acid groups (broad SMARTS) is 1. The molecule has 1 N–H and O–H groups in total. The molecule has 7 nitrogen and oxygen atoms in total. The Hall–Kier alpha value is -1.63. The molecule has 0 unspecified atom stereocenters. The maximum atomic E-state index is 11.8. The second-order valence-corrected chi connectivity index (χ2v) is 4.43. The zero-order chi connectivity index (χ0) is 13.7. The molecular weight excluding hydrogens is 238 g/mol. The first-order valence-electron chi connectivity index (χ1n) is 5.83. The molecule has 18 heavy (non-hydrogen) atoms. The molecule has 0 aliphatic carbocycles. The highest BCUT2D eigenvalue weighted by molar-refractivity contribution is 5.83.